The van der Waals surface area contributed by atoms with Gasteiger partial charge in [-0.2, -0.15) is 0 Å². The minimum atomic E-state index is -4.94. The van der Waals surface area contributed by atoms with E-state index in [-0.39, 0.29) is 12.2 Å². The van der Waals surface area contributed by atoms with Crippen LogP contribution in [0, 0.1) is 10.2 Å². The fraction of sp³-hybridized carbons (Fsp3) is 0.368. The molecule has 27 heavy (non-hydrogen) atoms. The summed E-state index contributed by atoms with van der Waals surface area (Å²) in [5.74, 6) is 0.245. The van der Waals surface area contributed by atoms with Gasteiger partial charge in [0.25, 0.3) is 0 Å². The van der Waals surface area contributed by atoms with E-state index in [1.165, 1.54) is 0 Å². The second kappa shape index (κ2) is 9.36. The second-order valence-electron chi connectivity index (χ2n) is 6.36. The average molecular weight is 415 g/mol. The number of hydrogen-bond acceptors (Lipinski definition) is 6. The van der Waals surface area contributed by atoms with E-state index in [4.69, 9.17) is 28.1 Å². The first-order valence-electron chi connectivity index (χ1n) is 8.24. The van der Waals surface area contributed by atoms with Crippen molar-refractivity contribution in [3.8, 4) is 0 Å². The van der Waals surface area contributed by atoms with Crippen LogP contribution >= 0.6 is 0 Å². The van der Waals surface area contributed by atoms with Gasteiger partial charge in [-0.3, -0.25) is 0 Å². The Balaban J connectivity index is 0.000000465. The number of halogens is 1. The van der Waals surface area contributed by atoms with Crippen molar-refractivity contribution in [3.05, 3.63) is 71.8 Å². The molecule has 1 aliphatic heterocycles. The first-order valence-corrected chi connectivity index (χ1v) is 11.7. The molecule has 0 spiro atoms. The minimum absolute atomic E-state index is 0.0790. The van der Waals surface area contributed by atoms with Crippen LogP contribution in [0.5, 0.6) is 0 Å². The van der Waals surface area contributed by atoms with E-state index >= 15 is 0 Å². The number of rotatable bonds is 4. The number of hydrogen-bond donors (Lipinski definition) is 0. The highest BCUT2D eigenvalue weighted by molar-refractivity contribution is 7.95. The maximum atomic E-state index is 8.49. The Morgan fingerprint density at radius 1 is 0.852 bits per heavy atom. The minimum Gasteiger partial charge on any atom is -0.336 e. The molecule has 1 saturated heterocycles. The Labute approximate surface area is 164 Å². The van der Waals surface area contributed by atoms with E-state index in [0.29, 0.717) is 10.9 Å². The molecule has 0 aliphatic carbocycles. The molecule has 6 nitrogen and oxygen atoms in total. The molecule has 2 aromatic rings. The predicted octanol–water partition coefficient (Wildman–Crippen LogP) is -1.19. The molecule has 0 unspecified atom stereocenters. The van der Waals surface area contributed by atoms with Gasteiger partial charge >= 0.3 is 0 Å². The van der Waals surface area contributed by atoms with Crippen LogP contribution < -0.4 is 18.6 Å². The molecule has 148 valence electrons. The van der Waals surface area contributed by atoms with Gasteiger partial charge in [0, 0.05) is 11.1 Å². The van der Waals surface area contributed by atoms with Crippen molar-refractivity contribution in [3.63, 3.8) is 0 Å². The summed E-state index contributed by atoms with van der Waals surface area (Å²) in [5.41, 5.74) is 2.12. The third-order valence-corrected chi connectivity index (χ3v) is 4.99. The fourth-order valence-electron chi connectivity index (χ4n) is 2.93. The van der Waals surface area contributed by atoms with E-state index in [1.54, 1.807) is 0 Å². The molecular formula is C19H23ClO6S. The van der Waals surface area contributed by atoms with Crippen molar-refractivity contribution < 1.29 is 38.4 Å². The van der Waals surface area contributed by atoms with Crippen molar-refractivity contribution >= 4 is 10.9 Å². The third kappa shape index (κ3) is 6.44. The van der Waals surface area contributed by atoms with Gasteiger partial charge in [0.1, 0.15) is 11.9 Å². The molecule has 0 bridgehead atoms. The highest BCUT2D eigenvalue weighted by atomic mass is 35.7. The van der Waals surface area contributed by atoms with Crippen LogP contribution in [0.3, 0.4) is 0 Å². The summed E-state index contributed by atoms with van der Waals surface area (Å²) in [7, 11) is -4.62. The molecule has 3 rings (SSSR count). The van der Waals surface area contributed by atoms with Gasteiger partial charge in [-0.05, 0) is 17.8 Å². The van der Waals surface area contributed by atoms with Crippen molar-refractivity contribution in [1.82, 2.24) is 0 Å². The summed E-state index contributed by atoms with van der Waals surface area (Å²) in [5, 5.41) is 0. The van der Waals surface area contributed by atoms with Crippen LogP contribution in [0.4, 0.5) is 0 Å². The lowest BCUT2D eigenvalue weighted by atomic mass is 9.97. The normalized spacial score (nSPS) is 21.6. The van der Waals surface area contributed by atoms with E-state index in [2.05, 4.69) is 43.7 Å². The molecule has 0 saturated carbocycles. The van der Waals surface area contributed by atoms with E-state index in [0.717, 1.165) is 16.9 Å². The van der Waals surface area contributed by atoms with Gasteiger partial charge in [0.05, 0.1) is 18.6 Å². The lowest BCUT2D eigenvalue weighted by Crippen LogP contribution is -2.68. The zero-order valence-corrected chi connectivity index (χ0v) is 16.9. The molecule has 1 heterocycles. The summed E-state index contributed by atoms with van der Waals surface area (Å²) in [4.78, 5) is 0. The number of ether oxygens (including phenoxy) is 2. The second-order valence-corrected chi connectivity index (χ2v) is 9.42. The zero-order valence-electron chi connectivity index (χ0n) is 15.4. The lowest BCUT2D eigenvalue weighted by Gasteiger charge is -2.29. The molecular weight excluding hydrogens is 392 g/mol. The van der Waals surface area contributed by atoms with Crippen molar-refractivity contribution in [2.45, 2.75) is 24.9 Å². The Morgan fingerprint density at radius 3 is 1.63 bits per heavy atom. The molecule has 0 radical (unpaired) electrons. The molecule has 2 aromatic carbocycles. The summed E-state index contributed by atoms with van der Waals surface area (Å²) in [6.07, 6.45) is 4.71. The summed E-state index contributed by atoms with van der Waals surface area (Å²) >= 11 is 0. The van der Waals surface area contributed by atoms with Crippen LogP contribution in [0.25, 0.3) is 0 Å². The van der Waals surface area contributed by atoms with Gasteiger partial charge in [-0.1, -0.05) is 60.7 Å². The Kier molecular flexibility index (Phi) is 7.67. The topological polar surface area (TPSA) is 111 Å². The van der Waals surface area contributed by atoms with Crippen LogP contribution in [0.1, 0.15) is 18.1 Å². The first kappa shape index (κ1) is 22.1. The van der Waals surface area contributed by atoms with Crippen molar-refractivity contribution in [2.24, 2.45) is 0 Å². The fourth-order valence-corrected chi connectivity index (χ4v) is 3.92. The smallest absolute Gasteiger partial charge is 0.223 e. The maximum Gasteiger partial charge on any atom is 0.223 e. The summed E-state index contributed by atoms with van der Waals surface area (Å²) in [6.45, 7) is 2.12. The van der Waals surface area contributed by atoms with Crippen LogP contribution in [0.15, 0.2) is 60.7 Å². The Hall–Kier alpha value is -1.16. The Bertz CT molecular complexity index is 647. The highest BCUT2D eigenvalue weighted by Crippen LogP contribution is 2.43. The van der Waals surface area contributed by atoms with E-state index < -0.39 is 16.0 Å². The monoisotopic (exact) mass is 414 g/mol. The van der Waals surface area contributed by atoms with E-state index in [9.17, 15) is 0 Å². The molecule has 2 atom stereocenters. The molecule has 0 aromatic heterocycles. The Morgan fingerprint density at radius 2 is 1.26 bits per heavy atom. The predicted molar refractivity (Wildman–Crippen MR) is 93.2 cm³/mol. The van der Waals surface area contributed by atoms with Crippen molar-refractivity contribution in [2.75, 3.05) is 18.3 Å². The lowest BCUT2D eigenvalue weighted by molar-refractivity contribution is -2.00. The largest absolute Gasteiger partial charge is 0.336 e. The van der Waals surface area contributed by atoms with Crippen LogP contribution in [0.2, 0.25) is 0 Å². The van der Waals surface area contributed by atoms with Crippen molar-refractivity contribution in [1.29, 1.82) is 0 Å². The zero-order chi connectivity index (χ0) is 20.1. The SMILES string of the molecule is C[C@H]1OC(c2ccccc2)(c2ccccc2)O[C@@H]1C[S+](C)C.[O-][Cl+3]([O-])([O-])[O-]. The molecule has 1 fully saturated rings. The van der Waals surface area contributed by atoms with E-state index in [1.807, 2.05) is 36.4 Å². The van der Waals surface area contributed by atoms with Gasteiger partial charge < -0.3 is 9.47 Å². The molecule has 0 N–H and O–H groups in total. The van der Waals surface area contributed by atoms with Gasteiger partial charge in [0.15, 0.2) is 0 Å². The van der Waals surface area contributed by atoms with Crippen LogP contribution in [-0.4, -0.2) is 30.5 Å². The summed E-state index contributed by atoms with van der Waals surface area (Å²) in [6, 6.07) is 20.5. The van der Waals surface area contributed by atoms with Crippen LogP contribution in [-0.2, 0) is 26.2 Å². The molecule has 0 amide bonds. The molecule has 1 aliphatic rings. The van der Waals surface area contributed by atoms with Gasteiger partial charge in [-0.15, -0.1) is 10.2 Å². The quantitative estimate of drug-likeness (QED) is 0.582. The standard InChI is InChI=1S/C19H23O2S.ClHO4/c1-15-18(14-22(2)3)21-19(20-15,16-10-6-4-7-11-16)17-12-8-5-9-13-17;2-1(3,4)5/h4-13,15,18H,14H2,1-3H3;(H,2,3,4,5)/q+1;/p-1/t15-,18-;/m1./s1. The first-order chi connectivity index (χ1) is 12.6. The van der Waals surface area contributed by atoms with Gasteiger partial charge in [0.2, 0.25) is 5.79 Å². The average Bonchev–Trinajstić information content (AvgIpc) is 2.92. The highest BCUT2D eigenvalue weighted by Gasteiger charge is 2.49. The molecule has 8 heteroatoms. The summed E-state index contributed by atoms with van der Waals surface area (Å²) < 4.78 is 46.9. The maximum absolute atomic E-state index is 8.49. The number of benzene rings is 2. The third-order valence-electron chi connectivity index (χ3n) is 4.00. The van der Waals surface area contributed by atoms with Gasteiger partial charge in [-0.25, -0.2) is 18.6 Å².